The predicted molar refractivity (Wildman–Crippen MR) is 66.6 cm³/mol. The molecule has 2 aromatic heterocycles. The van der Waals surface area contributed by atoms with Crippen molar-refractivity contribution in [1.82, 2.24) is 14.7 Å². The summed E-state index contributed by atoms with van der Waals surface area (Å²) in [5, 5.41) is 4.03. The summed E-state index contributed by atoms with van der Waals surface area (Å²) in [7, 11) is 0. The van der Waals surface area contributed by atoms with E-state index >= 15 is 0 Å². The maximum atomic E-state index is 11.8. The van der Waals surface area contributed by atoms with Crippen LogP contribution in [0.15, 0.2) is 21.7 Å². The molecule has 84 valence electrons. The van der Waals surface area contributed by atoms with E-state index < -0.39 is 0 Å². The van der Waals surface area contributed by atoms with Crippen LogP contribution in [-0.2, 0) is 6.54 Å². The highest BCUT2D eigenvalue weighted by atomic mass is 127. The van der Waals surface area contributed by atoms with Crippen molar-refractivity contribution < 1.29 is 4.52 Å². The highest BCUT2D eigenvalue weighted by molar-refractivity contribution is 14.1. The van der Waals surface area contributed by atoms with Crippen LogP contribution in [0.1, 0.15) is 11.5 Å². The maximum absolute atomic E-state index is 11.8. The molecule has 0 aromatic carbocycles. The van der Waals surface area contributed by atoms with Gasteiger partial charge in [-0.15, -0.1) is 0 Å². The van der Waals surface area contributed by atoms with Gasteiger partial charge < -0.3 is 4.52 Å². The van der Waals surface area contributed by atoms with E-state index in [1.165, 1.54) is 10.9 Å². The average molecular weight is 352 g/mol. The van der Waals surface area contributed by atoms with Crippen LogP contribution in [0.2, 0.25) is 5.15 Å². The van der Waals surface area contributed by atoms with Crippen LogP contribution in [0.5, 0.6) is 0 Å². The average Bonchev–Trinajstić information content (AvgIpc) is 2.65. The van der Waals surface area contributed by atoms with E-state index in [0.717, 1.165) is 0 Å². The number of halogens is 2. The molecule has 0 saturated carbocycles. The third kappa shape index (κ3) is 2.27. The molecule has 0 saturated heterocycles. The third-order valence-corrected chi connectivity index (χ3v) is 3.53. The lowest BCUT2D eigenvalue weighted by Crippen LogP contribution is -2.23. The van der Waals surface area contributed by atoms with Crippen molar-refractivity contribution in [2.24, 2.45) is 0 Å². The molecule has 0 N–H and O–H groups in total. The smallest absolute Gasteiger partial charge is 0.268 e. The van der Waals surface area contributed by atoms with Gasteiger partial charge in [-0.25, -0.2) is 4.98 Å². The Morgan fingerprint density at radius 2 is 2.38 bits per heavy atom. The zero-order valence-corrected chi connectivity index (χ0v) is 11.2. The van der Waals surface area contributed by atoms with Gasteiger partial charge >= 0.3 is 0 Å². The van der Waals surface area contributed by atoms with Gasteiger partial charge in [0.1, 0.15) is 20.2 Å². The van der Waals surface area contributed by atoms with Crippen LogP contribution in [0.25, 0.3) is 0 Å². The molecule has 0 bridgehead atoms. The summed E-state index contributed by atoms with van der Waals surface area (Å²) < 4.78 is 6.76. The summed E-state index contributed by atoms with van der Waals surface area (Å²) in [4.78, 5) is 15.7. The number of rotatable bonds is 2. The van der Waals surface area contributed by atoms with Crippen molar-refractivity contribution in [1.29, 1.82) is 0 Å². The van der Waals surface area contributed by atoms with E-state index in [4.69, 9.17) is 16.1 Å². The highest BCUT2D eigenvalue weighted by Crippen LogP contribution is 2.10. The van der Waals surface area contributed by atoms with Crippen LogP contribution in [-0.4, -0.2) is 14.7 Å². The minimum atomic E-state index is -0.179. The van der Waals surface area contributed by atoms with E-state index in [0.29, 0.717) is 21.6 Å². The fraction of sp³-hybridized carbons (Fsp3) is 0.222. The van der Waals surface area contributed by atoms with E-state index in [1.54, 1.807) is 13.0 Å². The molecule has 0 fully saturated rings. The Labute approximate surface area is 110 Å². The Morgan fingerprint density at radius 1 is 1.62 bits per heavy atom. The van der Waals surface area contributed by atoms with Gasteiger partial charge in [-0.3, -0.25) is 9.36 Å². The largest absolute Gasteiger partial charge is 0.361 e. The first-order chi connectivity index (χ1) is 7.58. The first-order valence-corrected chi connectivity index (χ1v) is 5.86. The molecule has 0 spiro atoms. The zero-order chi connectivity index (χ0) is 11.7. The predicted octanol–water partition coefficient (Wildman–Crippen LogP) is 1.85. The quantitative estimate of drug-likeness (QED) is 0.612. The molecule has 2 aromatic rings. The van der Waals surface area contributed by atoms with Gasteiger partial charge in [0.25, 0.3) is 5.56 Å². The molecule has 0 aliphatic carbocycles. The monoisotopic (exact) mass is 351 g/mol. The van der Waals surface area contributed by atoms with Crippen LogP contribution >= 0.6 is 34.2 Å². The molecule has 0 atom stereocenters. The minimum Gasteiger partial charge on any atom is -0.361 e. The molecule has 0 unspecified atom stereocenters. The summed E-state index contributed by atoms with van der Waals surface area (Å²) in [6, 6.07) is 1.77. The Kier molecular flexibility index (Phi) is 3.29. The number of nitrogens with zero attached hydrogens (tertiary/aromatic N) is 3. The van der Waals surface area contributed by atoms with E-state index in [-0.39, 0.29) is 10.7 Å². The van der Waals surface area contributed by atoms with Gasteiger partial charge in [-0.2, -0.15) is 0 Å². The zero-order valence-electron chi connectivity index (χ0n) is 8.28. The van der Waals surface area contributed by atoms with Gasteiger partial charge in [0.05, 0.1) is 12.9 Å². The summed E-state index contributed by atoms with van der Waals surface area (Å²) in [6.07, 6.45) is 1.40. The van der Waals surface area contributed by atoms with Crippen LogP contribution in [0, 0.1) is 10.5 Å². The van der Waals surface area contributed by atoms with Crippen LogP contribution in [0.3, 0.4) is 0 Å². The molecule has 2 heterocycles. The van der Waals surface area contributed by atoms with Crippen molar-refractivity contribution in [2.45, 2.75) is 13.5 Å². The van der Waals surface area contributed by atoms with Crippen molar-refractivity contribution in [2.75, 3.05) is 0 Å². The van der Waals surface area contributed by atoms with Crippen LogP contribution < -0.4 is 5.56 Å². The number of aromatic nitrogens is 3. The molecule has 5 nitrogen and oxygen atoms in total. The third-order valence-electron chi connectivity index (χ3n) is 1.95. The highest BCUT2D eigenvalue weighted by Gasteiger charge is 2.08. The van der Waals surface area contributed by atoms with Crippen molar-refractivity contribution in [3.8, 4) is 0 Å². The van der Waals surface area contributed by atoms with Gasteiger partial charge in [0, 0.05) is 6.07 Å². The molecule has 0 aliphatic heterocycles. The molecular weight excluding hydrogens is 344 g/mol. The van der Waals surface area contributed by atoms with E-state index in [2.05, 4.69) is 10.1 Å². The van der Waals surface area contributed by atoms with Crippen molar-refractivity contribution >= 4 is 34.2 Å². The van der Waals surface area contributed by atoms with Gasteiger partial charge in [-0.05, 0) is 29.5 Å². The lowest BCUT2D eigenvalue weighted by molar-refractivity contribution is 0.388. The molecule has 2 rings (SSSR count). The normalized spacial score (nSPS) is 10.7. The number of aryl methyl sites for hydroxylation is 1. The van der Waals surface area contributed by atoms with Gasteiger partial charge in [0.15, 0.2) is 0 Å². The number of hydrogen-bond acceptors (Lipinski definition) is 4. The molecule has 0 aliphatic rings. The second-order valence-corrected chi connectivity index (χ2v) is 4.65. The first-order valence-electron chi connectivity index (χ1n) is 4.40. The minimum absolute atomic E-state index is 0.179. The molecule has 7 heteroatoms. The maximum Gasteiger partial charge on any atom is 0.268 e. The standard InChI is InChI=1S/C9H7ClIN3O2/c1-5-2-6(13-16-5)3-14-4-12-8(10)7(11)9(14)15/h2,4H,3H2,1H3. The Bertz CT molecular complexity index is 578. The Balaban J connectivity index is 2.36. The van der Waals surface area contributed by atoms with E-state index in [1.807, 2.05) is 22.6 Å². The van der Waals surface area contributed by atoms with E-state index in [9.17, 15) is 4.79 Å². The second-order valence-electron chi connectivity index (χ2n) is 3.21. The summed E-state index contributed by atoms with van der Waals surface area (Å²) in [6.45, 7) is 2.12. The molecule has 16 heavy (non-hydrogen) atoms. The van der Waals surface area contributed by atoms with Crippen LogP contribution in [0.4, 0.5) is 0 Å². The van der Waals surface area contributed by atoms with Crippen molar-refractivity contribution in [3.63, 3.8) is 0 Å². The topological polar surface area (TPSA) is 60.9 Å². The molecular formula is C9H7ClIN3O2. The Morgan fingerprint density at radius 3 is 3.00 bits per heavy atom. The summed E-state index contributed by atoms with van der Waals surface area (Å²) in [5.74, 6) is 0.708. The number of hydrogen-bond donors (Lipinski definition) is 0. The Hall–Kier alpha value is -0.890. The van der Waals surface area contributed by atoms with Crippen molar-refractivity contribution in [3.05, 3.63) is 42.9 Å². The molecule has 0 amide bonds. The van der Waals surface area contributed by atoms with Gasteiger partial charge in [0.2, 0.25) is 0 Å². The van der Waals surface area contributed by atoms with Gasteiger partial charge in [-0.1, -0.05) is 16.8 Å². The fourth-order valence-electron chi connectivity index (χ4n) is 1.22. The fourth-order valence-corrected chi connectivity index (χ4v) is 1.80. The summed E-state index contributed by atoms with van der Waals surface area (Å²) in [5.41, 5.74) is 0.501. The lowest BCUT2D eigenvalue weighted by Gasteiger charge is -2.02. The SMILES string of the molecule is Cc1cc(Cn2cnc(Cl)c(I)c2=O)no1. The molecule has 0 radical (unpaired) electrons. The summed E-state index contributed by atoms with van der Waals surface area (Å²) >= 11 is 7.60. The lowest BCUT2D eigenvalue weighted by atomic mass is 10.4. The first kappa shape index (κ1) is 11.6. The second kappa shape index (κ2) is 4.54.